The van der Waals surface area contributed by atoms with Crippen molar-refractivity contribution in [1.29, 1.82) is 0 Å². The van der Waals surface area contributed by atoms with Crippen LogP contribution in [0.2, 0.25) is 10.0 Å². The molecule has 0 atom stereocenters. The van der Waals surface area contributed by atoms with Crippen molar-refractivity contribution in [3.8, 4) is 0 Å². The molecule has 2 rings (SSSR count). The smallest absolute Gasteiger partial charge is 0.258 e. The highest BCUT2D eigenvalue weighted by Crippen LogP contribution is 2.35. The number of hydrogen-bond donors (Lipinski definition) is 2. The fraction of sp³-hybridized carbons (Fsp3) is 0. The second-order valence-corrected chi connectivity index (χ2v) is 4.77. The molecule has 0 saturated carbocycles. The van der Waals surface area contributed by atoms with Gasteiger partial charge in [-0.15, -0.1) is 0 Å². The number of rotatable bonds is 2. The fourth-order valence-corrected chi connectivity index (χ4v) is 2.01. The second-order valence-electron chi connectivity index (χ2n) is 3.16. The molecule has 0 bridgehead atoms. The predicted molar refractivity (Wildman–Crippen MR) is 70.7 cm³/mol. The van der Waals surface area contributed by atoms with E-state index in [1.165, 1.54) is 12.4 Å². The van der Waals surface area contributed by atoms with E-state index >= 15 is 0 Å². The van der Waals surface area contributed by atoms with E-state index in [0.717, 1.165) is 0 Å². The van der Waals surface area contributed by atoms with Crippen LogP contribution in [0.4, 0.5) is 5.69 Å². The zero-order valence-corrected chi connectivity index (χ0v) is 11.4. The molecule has 0 radical (unpaired) electrons. The van der Waals surface area contributed by atoms with Crippen molar-refractivity contribution in [3.63, 3.8) is 0 Å². The third-order valence-electron chi connectivity index (χ3n) is 2.04. The molecule has 1 heterocycles. The minimum Gasteiger partial charge on any atom is -0.320 e. The van der Waals surface area contributed by atoms with Crippen LogP contribution < -0.4 is 5.32 Å². The molecular formula is C10H6BrCl2N3O. The SMILES string of the molecule is O=C(Nc1ccc(Br)c(Cl)c1Cl)c1cn[nH]c1. The molecule has 0 fully saturated rings. The third kappa shape index (κ3) is 2.62. The molecule has 1 aromatic carbocycles. The Balaban J connectivity index is 2.25. The van der Waals surface area contributed by atoms with E-state index in [-0.39, 0.29) is 10.9 Å². The lowest BCUT2D eigenvalue weighted by Gasteiger charge is -2.08. The predicted octanol–water partition coefficient (Wildman–Crippen LogP) is 3.73. The first-order valence-corrected chi connectivity index (χ1v) is 6.08. The Morgan fingerprint density at radius 3 is 2.76 bits per heavy atom. The number of H-pyrrole nitrogens is 1. The Bertz CT molecular complexity index is 557. The number of benzene rings is 1. The maximum atomic E-state index is 11.7. The van der Waals surface area contributed by atoms with Crippen LogP contribution in [-0.2, 0) is 0 Å². The number of nitrogens with zero attached hydrogens (tertiary/aromatic N) is 1. The zero-order valence-electron chi connectivity index (χ0n) is 8.30. The van der Waals surface area contributed by atoms with Crippen molar-refractivity contribution < 1.29 is 4.79 Å². The molecular weight excluding hydrogens is 329 g/mol. The van der Waals surface area contributed by atoms with Crippen LogP contribution in [0.15, 0.2) is 29.0 Å². The summed E-state index contributed by atoms with van der Waals surface area (Å²) in [6.45, 7) is 0. The maximum absolute atomic E-state index is 11.7. The van der Waals surface area contributed by atoms with Crippen molar-refractivity contribution in [2.24, 2.45) is 0 Å². The molecule has 0 aliphatic rings. The van der Waals surface area contributed by atoms with E-state index in [0.29, 0.717) is 20.7 Å². The van der Waals surface area contributed by atoms with Crippen LogP contribution in [0.5, 0.6) is 0 Å². The van der Waals surface area contributed by atoms with Crippen molar-refractivity contribution >= 4 is 50.7 Å². The summed E-state index contributed by atoms with van der Waals surface area (Å²) >= 11 is 15.2. The third-order valence-corrected chi connectivity index (χ3v) is 3.81. The van der Waals surface area contributed by atoms with E-state index in [1.54, 1.807) is 12.1 Å². The zero-order chi connectivity index (χ0) is 12.4. The highest BCUT2D eigenvalue weighted by Gasteiger charge is 2.12. The lowest BCUT2D eigenvalue weighted by atomic mass is 10.3. The quantitative estimate of drug-likeness (QED) is 0.822. The number of aromatic amines is 1. The van der Waals surface area contributed by atoms with Gasteiger partial charge in [0.05, 0.1) is 27.5 Å². The first-order valence-electron chi connectivity index (χ1n) is 4.53. The lowest BCUT2D eigenvalue weighted by molar-refractivity contribution is 0.102. The molecule has 2 N–H and O–H groups in total. The number of hydrogen-bond acceptors (Lipinski definition) is 2. The van der Waals surface area contributed by atoms with Crippen LogP contribution in [0.25, 0.3) is 0 Å². The molecule has 0 saturated heterocycles. The van der Waals surface area contributed by atoms with Gasteiger partial charge in [-0.1, -0.05) is 23.2 Å². The number of carbonyl (C=O) groups excluding carboxylic acids is 1. The summed E-state index contributed by atoms with van der Waals surface area (Å²) in [4.78, 5) is 11.7. The lowest BCUT2D eigenvalue weighted by Crippen LogP contribution is -2.11. The number of anilines is 1. The number of carbonyl (C=O) groups is 1. The molecule has 1 amide bonds. The second kappa shape index (κ2) is 5.08. The summed E-state index contributed by atoms with van der Waals surface area (Å²) in [5.74, 6) is -0.306. The maximum Gasteiger partial charge on any atom is 0.258 e. The van der Waals surface area contributed by atoms with Gasteiger partial charge in [-0.2, -0.15) is 5.10 Å². The van der Waals surface area contributed by atoms with Gasteiger partial charge in [-0.3, -0.25) is 9.89 Å². The Hall–Kier alpha value is -1.04. The van der Waals surface area contributed by atoms with Gasteiger partial charge in [0.1, 0.15) is 0 Å². The highest BCUT2D eigenvalue weighted by atomic mass is 79.9. The van der Waals surface area contributed by atoms with Gasteiger partial charge in [0, 0.05) is 10.7 Å². The van der Waals surface area contributed by atoms with Crippen molar-refractivity contribution in [2.45, 2.75) is 0 Å². The molecule has 0 aliphatic heterocycles. The highest BCUT2D eigenvalue weighted by molar-refractivity contribution is 9.10. The van der Waals surface area contributed by atoms with Crippen LogP contribution in [0.3, 0.4) is 0 Å². The van der Waals surface area contributed by atoms with Gasteiger partial charge in [-0.05, 0) is 28.1 Å². The molecule has 2 aromatic rings. The first-order chi connectivity index (χ1) is 8.09. The minimum atomic E-state index is -0.306. The van der Waals surface area contributed by atoms with Crippen molar-refractivity contribution in [1.82, 2.24) is 10.2 Å². The minimum absolute atomic E-state index is 0.290. The molecule has 4 nitrogen and oxygen atoms in total. The largest absolute Gasteiger partial charge is 0.320 e. The summed E-state index contributed by atoms with van der Waals surface area (Å²) in [6, 6.07) is 3.37. The monoisotopic (exact) mass is 333 g/mol. The Morgan fingerprint density at radius 1 is 1.35 bits per heavy atom. The molecule has 0 aliphatic carbocycles. The number of amides is 1. The molecule has 17 heavy (non-hydrogen) atoms. The van der Waals surface area contributed by atoms with Crippen LogP contribution >= 0.6 is 39.1 Å². The summed E-state index contributed by atoms with van der Waals surface area (Å²) in [5, 5.41) is 9.53. The van der Waals surface area contributed by atoms with Gasteiger partial charge in [-0.25, -0.2) is 0 Å². The topological polar surface area (TPSA) is 57.8 Å². The Kier molecular flexibility index (Phi) is 3.71. The average Bonchev–Trinajstić information content (AvgIpc) is 2.83. The summed E-state index contributed by atoms with van der Waals surface area (Å²) in [5.41, 5.74) is 0.867. The van der Waals surface area contributed by atoms with Gasteiger partial charge >= 0.3 is 0 Å². The van der Waals surface area contributed by atoms with E-state index < -0.39 is 0 Å². The number of aromatic nitrogens is 2. The van der Waals surface area contributed by atoms with Crippen LogP contribution in [0, 0.1) is 0 Å². The van der Waals surface area contributed by atoms with Crippen LogP contribution in [-0.4, -0.2) is 16.1 Å². The number of nitrogens with one attached hydrogen (secondary N) is 2. The van der Waals surface area contributed by atoms with Crippen LogP contribution in [0.1, 0.15) is 10.4 Å². The number of halogens is 3. The molecule has 1 aromatic heterocycles. The van der Waals surface area contributed by atoms with Gasteiger partial charge in [0.2, 0.25) is 0 Å². The van der Waals surface area contributed by atoms with E-state index in [1.807, 2.05) is 0 Å². The van der Waals surface area contributed by atoms with Gasteiger partial charge in [0.25, 0.3) is 5.91 Å². The average molecular weight is 335 g/mol. The fourth-order valence-electron chi connectivity index (χ4n) is 1.19. The molecule has 7 heteroatoms. The van der Waals surface area contributed by atoms with Crippen molar-refractivity contribution in [2.75, 3.05) is 5.32 Å². The normalized spacial score (nSPS) is 10.3. The molecule has 0 unspecified atom stereocenters. The summed E-state index contributed by atoms with van der Waals surface area (Å²) in [6.07, 6.45) is 2.91. The van der Waals surface area contributed by atoms with Crippen molar-refractivity contribution in [3.05, 3.63) is 44.6 Å². The molecule has 0 spiro atoms. The van der Waals surface area contributed by atoms with Gasteiger partial charge in [0.15, 0.2) is 0 Å². The first kappa shape index (κ1) is 12.4. The van der Waals surface area contributed by atoms with E-state index in [9.17, 15) is 4.79 Å². The van der Waals surface area contributed by atoms with E-state index in [4.69, 9.17) is 23.2 Å². The van der Waals surface area contributed by atoms with E-state index in [2.05, 4.69) is 31.4 Å². The summed E-state index contributed by atoms with van der Waals surface area (Å²) in [7, 11) is 0. The summed E-state index contributed by atoms with van der Waals surface area (Å²) < 4.78 is 0.672. The Labute approximate surface area is 115 Å². The molecule has 88 valence electrons. The standard InChI is InChI=1S/C10H6BrCl2N3O/c11-6-1-2-7(9(13)8(6)12)16-10(17)5-3-14-15-4-5/h1-4H,(H,14,15)(H,16,17). The Morgan fingerprint density at radius 2 is 2.12 bits per heavy atom. The van der Waals surface area contributed by atoms with Gasteiger partial charge < -0.3 is 5.32 Å².